The summed E-state index contributed by atoms with van der Waals surface area (Å²) in [6.45, 7) is 4.10. The minimum atomic E-state index is -0.391. The lowest BCUT2D eigenvalue weighted by atomic mass is 10.00. The van der Waals surface area contributed by atoms with Crippen LogP contribution in [0.15, 0.2) is 11.6 Å². The average Bonchev–Trinajstić information content (AvgIpc) is 3.76. The SMILES string of the molecule is CCCCCCCC[C@@H](O)[C@H]1CC[C@H]([C@H]2CC[C@H]([C@H](O)CCCCCCCCCCC[C@@H](O)CCC3=C[C@H](C)OC3=O)O2)O1. The third-order valence-electron chi connectivity index (χ3n) is 10.1. The minimum absolute atomic E-state index is 0.0558. The molecule has 2 saturated heterocycles. The number of hydrogen-bond acceptors (Lipinski definition) is 7. The number of carbonyl (C=O) groups excluding carboxylic acids is 1. The molecule has 3 aliphatic rings. The van der Waals surface area contributed by atoms with E-state index >= 15 is 0 Å². The van der Waals surface area contributed by atoms with Gasteiger partial charge in [0.25, 0.3) is 0 Å². The van der Waals surface area contributed by atoms with E-state index in [1.165, 1.54) is 64.2 Å². The van der Waals surface area contributed by atoms with Crippen molar-refractivity contribution in [2.24, 2.45) is 0 Å². The second-order valence-corrected chi connectivity index (χ2v) is 14.0. The Morgan fingerprint density at radius 2 is 1.11 bits per heavy atom. The Morgan fingerprint density at radius 3 is 1.57 bits per heavy atom. The predicted octanol–water partition coefficient (Wildman–Crippen LogP) is 7.86. The zero-order valence-corrected chi connectivity index (χ0v) is 28.1. The van der Waals surface area contributed by atoms with E-state index in [0.29, 0.717) is 18.4 Å². The molecule has 3 N–H and O–H groups in total. The lowest BCUT2D eigenvalue weighted by Gasteiger charge is -2.24. The van der Waals surface area contributed by atoms with Crippen LogP contribution in [0.4, 0.5) is 0 Å². The second kappa shape index (κ2) is 21.7. The molecule has 8 atom stereocenters. The van der Waals surface area contributed by atoms with E-state index in [1.807, 2.05) is 13.0 Å². The summed E-state index contributed by atoms with van der Waals surface area (Å²) in [7, 11) is 0. The van der Waals surface area contributed by atoms with E-state index in [0.717, 1.165) is 77.0 Å². The number of rotatable bonds is 25. The second-order valence-electron chi connectivity index (χ2n) is 14.0. The van der Waals surface area contributed by atoms with Gasteiger partial charge in [-0.05, 0) is 70.8 Å². The van der Waals surface area contributed by atoms with Gasteiger partial charge >= 0.3 is 5.97 Å². The van der Waals surface area contributed by atoms with Crippen LogP contribution in [-0.2, 0) is 19.0 Å². The fourth-order valence-electron chi connectivity index (χ4n) is 7.25. The molecule has 0 unspecified atom stereocenters. The predicted molar refractivity (Wildman–Crippen MR) is 175 cm³/mol. The van der Waals surface area contributed by atoms with Crippen molar-refractivity contribution in [1.82, 2.24) is 0 Å². The van der Waals surface area contributed by atoms with Crippen LogP contribution in [0.5, 0.6) is 0 Å². The Morgan fingerprint density at radius 1 is 0.659 bits per heavy atom. The topological polar surface area (TPSA) is 105 Å². The fraction of sp³-hybridized carbons (Fsp3) is 0.919. The van der Waals surface area contributed by atoms with Gasteiger partial charge in [-0.3, -0.25) is 0 Å². The van der Waals surface area contributed by atoms with Gasteiger partial charge in [-0.25, -0.2) is 4.79 Å². The van der Waals surface area contributed by atoms with Gasteiger partial charge in [0.05, 0.1) is 42.7 Å². The van der Waals surface area contributed by atoms with Gasteiger partial charge in [0.2, 0.25) is 0 Å². The first kappa shape index (κ1) is 37.5. The van der Waals surface area contributed by atoms with Crippen LogP contribution in [0, 0.1) is 0 Å². The van der Waals surface area contributed by atoms with Crippen LogP contribution >= 0.6 is 0 Å². The average molecular weight is 623 g/mol. The molecule has 2 fully saturated rings. The summed E-state index contributed by atoms with van der Waals surface area (Å²) in [5.74, 6) is -0.225. The molecular formula is C37H66O7. The Labute approximate surface area is 268 Å². The third kappa shape index (κ3) is 14.2. The Kier molecular flexibility index (Phi) is 18.5. The highest BCUT2D eigenvalue weighted by Crippen LogP contribution is 2.34. The number of esters is 1. The number of hydrogen-bond donors (Lipinski definition) is 3. The summed E-state index contributed by atoms with van der Waals surface area (Å²) in [5, 5.41) is 31.6. The van der Waals surface area contributed by atoms with Gasteiger partial charge in [0.1, 0.15) is 6.10 Å². The number of ether oxygens (including phenoxy) is 3. The molecule has 44 heavy (non-hydrogen) atoms. The van der Waals surface area contributed by atoms with Crippen molar-refractivity contribution in [3.05, 3.63) is 11.6 Å². The van der Waals surface area contributed by atoms with Crippen LogP contribution in [0.1, 0.15) is 168 Å². The molecule has 0 aliphatic carbocycles. The maximum absolute atomic E-state index is 11.6. The smallest absolute Gasteiger partial charge is 0.334 e. The third-order valence-corrected chi connectivity index (χ3v) is 10.1. The highest BCUT2D eigenvalue weighted by Gasteiger charge is 2.40. The summed E-state index contributed by atoms with van der Waals surface area (Å²) >= 11 is 0. The van der Waals surface area contributed by atoms with E-state index in [4.69, 9.17) is 14.2 Å². The molecule has 256 valence electrons. The number of aliphatic hydroxyl groups is 3. The number of cyclic esters (lactones) is 1. The Hall–Kier alpha value is -0.990. The number of carbonyl (C=O) groups is 1. The quantitative estimate of drug-likeness (QED) is 0.0703. The van der Waals surface area contributed by atoms with E-state index in [9.17, 15) is 20.1 Å². The van der Waals surface area contributed by atoms with E-state index in [2.05, 4.69) is 6.92 Å². The molecule has 0 bridgehead atoms. The summed E-state index contributed by atoms with van der Waals surface area (Å²) in [6, 6.07) is 0. The fourth-order valence-corrected chi connectivity index (χ4v) is 7.25. The van der Waals surface area contributed by atoms with Crippen molar-refractivity contribution in [3.8, 4) is 0 Å². The van der Waals surface area contributed by atoms with Gasteiger partial charge in [0.15, 0.2) is 0 Å². The summed E-state index contributed by atoms with van der Waals surface area (Å²) in [5.41, 5.74) is 0.713. The normalized spacial score (nSPS) is 27.4. The molecular weight excluding hydrogens is 556 g/mol. The molecule has 0 aromatic rings. The number of unbranched alkanes of at least 4 members (excludes halogenated alkanes) is 13. The van der Waals surface area contributed by atoms with Gasteiger partial charge in [0, 0.05) is 5.57 Å². The van der Waals surface area contributed by atoms with Crippen LogP contribution in [-0.4, -0.2) is 70.1 Å². The molecule has 0 aromatic carbocycles. The Balaban J connectivity index is 1.11. The highest BCUT2D eigenvalue weighted by molar-refractivity contribution is 5.90. The molecule has 0 spiro atoms. The van der Waals surface area contributed by atoms with Crippen LogP contribution < -0.4 is 0 Å². The maximum atomic E-state index is 11.6. The largest absolute Gasteiger partial charge is 0.455 e. The van der Waals surface area contributed by atoms with Crippen LogP contribution in [0.2, 0.25) is 0 Å². The highest BCUT2D eigenvalue weighted by atomic mass is 16.6. The molecule has 7 heteroatoms. The first-order valence-electron chi connectivity index (χ1n) is 18.6. The standard InChI is InChI=1S/C37H66O7/c1-3-4-5-6-13-16-19-31(39)33-23-25-35(43-33)36-26-24-34(44-36)32(40)20-17-14-11-9-7-8-10-12-15-18-30(38)22-21-29-27-28(2)42-37(29)41/h27-28,30-36,38-40H,3-26H2,1-2H3/t28-,30+,31+,32+,33+,34+,35+,36+/m0/s1. The molecule has 0 aromatic heterocycles. The van der Waals surface area contributed by atoms with E-state index < -0.39 is 6.10 Å². The summed E-state index contributed by atoms with van der Waals surface area (Å²) < 4.78 is 17.6. The van der Waals surface area contributed by atoms with E-state index in [-0.39, 0.29) is 48.7 Å². The zero-order valence-electron chi connectivity index (χ0n) is 28.1. The van der Waals surface area contributed by atoms with Gasteiger partial charge < -0.3 is 29.5 Å². The summed E-state index contributed by atoms with van der Waals surface area (Å²) in [4.78, 5) is 11.6. The number of aliphatic hydroxyl groups excluding tert-OH is 3. The summed E-state index contributed by atoms with van der Waals surface area (Å²) in [6.07, 6.45) is 26.0. The van der Waals surface area contributed by atoms with Crippen LogP contribution in [0.25, 0.3) is 0 Å². The van der Waals surface area contributed by atoms with Gasteiger partial charge in [-0.2, -0.15) is 0 Å². The van der Waals surface area contributed by atoms with Crippen molar-refractivity contribution in [2.75, 3.05) is 0 Å². The van der Waals surface area contributed by atoms with Crippen molar-refractivity contribution in [1.29, 1.82) is 0 Å². The van der Waals surface area contributed by atoms with Gasteiger partial charge in [-0.1, -0.05) is 103 Å². The lowest BCUT2D eigenvalue weighted by Crippen LogP contribution is -2.33. The zero-order chi connectivity index (χ0) is 31.6. The molecule has 3 heterocycles. The Bertz CT molecular complexity index is 801. The monoisotopic (exact) mass is 622 g/mol. The first-order chi connectivity index (χ1) is 21.4. The lowest BCUT2D eigenvalue weighted by molar-refractivity contribution is -0.139. The van der Waals surface area contributed by atoms with Crippen molar-refractivity contribution < 1.29 is 34.3 Å². The first-order valence-corrected chi connectivity index (χ1v) is 18.6. The molecule has 0 radical (unpaired) electrons. The molecule has 0 saturated carbocycles. The molecule has 3 aliphatic heterocycles. The van der Waals surface area contributed by atoms with Crippen molar-refractivity contribution in [2.45, 2.75) is 217 Å². The van der Waals surface area contributed by atoms with Gasteiger partial charge in [-0.15, -0.1) is 0 Å². The minimum Gasteiger partial charge on any atom is -0.455 e. The van der Waals surface area contributed by atoms with Crippen molar-refractivity contribution in [3.63, 3.8) is 0 Å². The van der Waals surface area contributed by atoms with E-state index in [1.54, 1.807) is 0 Å². The molecule has 3 rings (SSSR count). The molecule has 7 nitrogen and oxygen atoms in total. The van der Waals surface area contributed by atoms with Crippen LogP contribution in [0.3, 0.4) is 0 Å². The maximum Gasteiger partial charge on any atom is 0.334 e. The molecule has 0 amide bonds. The van der Waals surface area contributed by atoms with Crippen molar-refractivity contribution >= 4 is 5.97 Å².